The van der Waals surface area contributed by atoms with Crippen molar-refractivity contribution in [1.29, 1.82) is 0 Å². The van der Waals surface area contributed by atoms with Gasteiger partial charge in [-0.3, -0.25) is 4.90 Å². The van der Waals surface area contributed by atoms with Gasteiger partial charge in [-0.25, -0.2) is 8.78 Å². The number of hydrogen-bond donors (Lipinski definition) is 1. The number of alkyl halides is 2. The van der Waals surface area contributed by atoms with E-state index in [2.05, 4.69) is 10.2 Å². The molecule has 1 saturated carbocycles. The number of nitrogens with zero attached hydrogens (tertiary/aromatic N) is 1. The largest absolute Gasteiger partial charge is 0.309 e. The summed E-state index contributed by atoms with van der Waals surface area (Å²) in [6, 6.07) is 8.02. The fraction of sp³-hybridized carbons (Fsp3) is 0.600. The molecule has 1 aromatic rings. The number of halogens is 2. The van der Waals surface area contributed by atoms with Crippen molar-refractivity contribution >= 4 is 0 Å². The molecule has 1 heterocycles. The van der Waals surface area contributed by atoms with Crippen molar-refractivity contribution < 1.29 is 8.78 Å². The van der Waals surface area contributed by atoms with Crippen LogP contribution in [0.15, 0.2) is 24.3 Å². The fourth-order valence-electron chi connectivity index (χ4n) is 2.77. The summed E-state index contributed by atoms with van der Waals surface area (Å²) in [4.78, 5) is 2.57. The highest BCUT2D eigenvalue weighted by Gasteiger charge is 2.33. The van der Waals surface area contributed by atoms with E-state index in [9.17, 15) is 8.78 Å². The third kappa shape index (κ3) is 3.31. The average Bonchev–Trinajstić information content (AvgIpc) is 3.16. The predicted octanol–water partition coefficient (Wildman–Crippen LogP) is 2.95. The van der Waals surface area contributed by atoms with Crippen LogP contribution in [-0.2, 0) is 6.54 Å². The van der Waals surface area contributed by atoms with E-state index in [1.54, 1.807) is 12.1 Å². The van der Waals surface area contributed by atoms with Gasteiger partial charge in [0, 0.05) is 37.3 Å². The van der Waals surface area contributed by atoms with E-state index in [-0.39, 0.29) is 5.56 Å². The maximum Gasteiger partial charge on any atom is 0.263 e. The highest BCUT2D eigenvalue weighted by Crippen LogP contribution is 2.29. The lowest BCUT2D eigenvalue weighted by atomic mass is 10.1. The third-order valence-electron chi connectivity index (χ3n) is 4.11. The molecule has 2 nitrogen and oxygen atoms in total. The van der Waals surface area contributed by atoms with Crippen molar-refractivity contribution in [2.45, 2.75) is 44.3 Å². The Bertz CT molecular complexity index is 415. The number of benzene rings is 1. The zero-order valence-electron chi connectivity index (χ0n) is 11.0. The molecule has 1 saturated heterocycles. The minimum Gasteiger partial charge on any atom is -0.309 e. The first-order valence-corrected chi connectivity index (χ1v) is 7.07. The van der Waals surface area contributed by atoms with Crippen molar-refractivity contribution in [1.82, 2.24) is 10.2 Å². The first-order chi connectivity index (χ1) is 9.22. The first kappa shape index (κ1) is 13.0. The monoisotopic (exact) mass is 266 g/mol. The molecule has 1 aromatic carbocycles. The summed E-state index contributed by atoms with van der Waals surface area (Å²) in [6.45, 7) is 3.11. The van der Waals surface area contributed by atoms with Crippen LogP contribution in [0.25, 0.3) is 0 Å². The molecule has 1 aliphatic heterocycles. The highest BCUT2D eigenvalue weighted by atomic mass is 19.3. The Morgan fingerprint density at radius 2 is 1.89 bits per heavy atom. The van der Waals surface area contributed by atoms with E-state index in [0.717, 1.165) is 24.7 Å². The summed E-state index contributed by atoms with van der Waals surface area (Å²) < 4.78 is 24.9. The van der Waals surface area contributed by atoms with Gasteiger partial charge in [0.05, 0.1) is 0 Å². The standard InChI is InChI=1S/C15H20F2N2/c16-15(17)12-3-1-11(2-4-12)9-18-13-7-8-19(10-13)14-5-6-14/h1-4,13-15,18H,5-10H2. The molecular weight excluding hydrogens is 246 g/mol. The van der Waals surface area contributed by atoms with E-state index in [0.29, 0.717) is 6.04 Å². The molecule has 1 atom stereocenters. The smallest absolute Gasteiger partial charge is 0.263 e. The maximum atomic E-state index is 12.4. The van der Waals surface area contributed by atoms with Crippen molar-refractivity contribution in [3.05, 3.63) is 35.4 Å². The van der Waals surface area contributed by atoms with Crippen molar-refractivity contribution in [2.24, 2.45) is 0 Å². The molecular formula is C15H20F2N2. The van der Waals surface area contributed by atoms with E-state index in [1.165, 1.54) is 37.9 Å². The highest BCUT2D eigenvalue weighted by molar-refractivity contribution is 5.23. The summed E-state index contributed by atoms with van der Waals surface area (Å²) in [5.74, 6) is 0. The second kappa shape index (κ2) is 5.55. The third-order valence-corrected chi connectivity index (χ3v) is 4.11. The van der Waals surface area contributed by atoms with Crippen LogP contribution in [0.2, 0.25) is 0 Å². The Hall–Kier alpha value is -1.00. The van der Waals surface area contributed by atoms with Crippen LogP contribution in [0.1, 0.15) is 36.8 Å². The van der Waals surface area contributed by atoms with E-state index in [4.69, 9.17) is 0 Å². The summed E-state index contributed by atoms with van der Waals surface area (Å²) in [5.41, 5.74) is 1.18. The van der Waals surface area contributed by atoms with Gasteiger partial charge in [0.2, 0.25) is 0 Å². The van der Waals surface area contributed by atoms with E-state index in [1.807, 2.05) is 0 Å². The average molecular weight is 266 g/mol. The molecule has 19 heavy (non-hydrogen) atoms. The van der Waals surface area contributed by atoms with Gasteiger partial charge in [0.1, 0.15) is 0 Å². The van der Waals surface area contributed by atoms with Gasteiger partial charge in [-0.1, -0.05) is 24.3 Å². The molecule has 0 aromatic heterocycles. The minimum atomic E-state index is -2.37. The summed E-state index contributed by atoms with van der Waals surface area (Å²) in [5, 5.41) is 3.53. The van der Waals surface area contributed by atoms with Gasteiger partial charge in [0.15, 0.2) is 0 Å². The molecule has 2 aliphatic rings. The van der Waals surface area contributed by atoms with Crippen LogP contribution in [0.4, 0.5) is 8.78 Å². The van der Waals surface area contributed by atoms with Crippen LogP contribution in [0.3, 0.4) is 0 Å². The zero-order chi connectivity index (χ0) is 13.2. The normalized spacial score (nSPS) is 24.3. The Morgan fingerprint density at radius 3 is 2.53 bits per heavy atom. The quantitative estimate of drug-likeness (QED) is 0.881. The molecule has 1 aliphatic carbocycles. The molecule has 0 radical (unpaired) electrons. The van der Waals surface area contributed by atoms with Gasteiger partial charge in [-0.15, -0.1) is 0 Å². The van der Waals surface area contributed by atoms with Crippen LogP contribution in [0, 0.1) is 0 Å². The van der Waals surface area contributed by atoms with Gasteiger partial charge in [-0.2, -0.15) is 0 Å². The predicted molar refractivity (Wildman–Crippen MR) is 71.2 cm³/mol. The molecule has 4 heteroatoms. The first-order valence-electron chi connectivity index (χ1n) is 7.07. The maximum absolute atomic E-state index is 12.4. The molecule has 3 rings (SSSR count). The Labute approximate surface area is 112 Å². The lowest BCUT2D eigenvalue weighted by molar-refractivity contribution is 0.151. The van der Waals surface area contributed by atoms with Crippen molar-refractivity contribution in [2.75, 3.05) is 13.1 Å². The van der Waals surface area contributed by atoms with Gasteiger partial charge >= 0.3 is 0 Å². The minimum absolute atomic E-state index is 0.101. The fourth-order valence-corrected chi connectivity index (χ4v) is 2.77. The molecule has 0 bridgehead atoms. The van der Waals surface area contributed by atoms with Crippen LogP contribution in [0.5, 0.6) is 0 Å². The number of likely N-dealkylation sites (tertiary alicyclic amines) is 1. The molecule has 1 unspecified atom stereocenters. The second-order valence-electron chi connectivity index (χ2n) is 5.63. The van der Waals surface area contributed by atoms with Crippen LogP contribution < -0.4 is 5.32 Å². The van der Waals surface area contributed by atoms with Gasteiger partial charge < -0.3 is 5.32 Å². The zero-order valence-corrected chi connectivity index (χ0v) is 11.0. The molecule has 0 spiro atoms. The summed E-state index contributed by atoms with van der Waals surface area (Å²) >= 11 is 0. The number of hydrogen-bond acceptors (Lipinski definition) is 2. The van der Waals surface area contributed by atoms with Crippen molar-refractivity contribution in [3.8, 4) is 0 Å². The van der Waals surface area contributed by atoms with Crippen LogP contribution >= 0.6 is 0 Å². The summed E-state index contributed by atoms with van der Waals surface area (Å²) in [6.07, 6.45) is 1.55. The molecule has 2 fully saturated rings. The Morgan fingerprint density at radius 1 is 1.16 bits per heavy atom. The Balaban J connectivity index is 1.46. The second-order valence-corrected chi connectivity index (χ2v) is 5.63. The van der Waals surface area contributed by atoms with Crippen LogP contribution in [-0.4, -0.2) is 30.1 Å². The lowest BCUT2D eigenvalue weighted by Crippen LogP contribution is -2.32. The number of rotatable bonds is 5. The summed E-state index contributed by atoms with van der Waals surface area (Å²) in [7, 11) is 0. The lowest BCUT2D eigenvalue weighted by Gasteiger charge is -2.15. The molecule has 104 valence electrons. The number of nitrogens with one attached hydrogen (secondary N) is 1. The van der Waals surface area contributed by atoms with E-state index >= 15 is 0 Å². The Kier molecular flexibility index (Phi) is 3.80. The SMILES string of the molecule is FC(F)c1ccc(CNC2CCN(C3CC3)C2)cc1. The van der Waals surface area contributed by atoms with E-state index < -0.39 is 6.43 Å². The van der Waals surface area contributed by atoms with Gasteiger partial charge in [-0.05, 0) is 24.8 Å². The van der Waals surface area contributed by atoms with Crippen molar-refractivity contribution in [3.63, 3.8) is 0 Å². The van der Waals surface area contributed by atoms with Gasteiger partial charge in [0.25, 0.3) is 6.43 Å². The molecule has 1 N–H and O–H groups in total. The topological polar surface area (TPSA) is 15.3 Å². The molecule has 0 amide bonds.